The summed E-state index contributed by atoms with van der Waals surface area (Å²) in [6.45, 7) is 7.20. The molecule has 0 aromatic heterocycles. The van der Waals surface area contributed by atoms with Gasteiger partial charge in [0.15, 0.2) is 0 Å². The molecule has 2 unspecified atom stereocenters. The molecule has 3 rings (SSSR count). The monoisotopic (exact) mass is 216 g/mol. The maximum Gasteiger partial charge on any atom is 0.0952 e. The fourth-order valence-corrected chi connectivity index (χ4v) is 1.69. The molecule has 3 aliphatic heterocycles. The Bertz CT molecular complexity index is 308. The first kappa shape index (κ1) is 11.1. The van der Waals surface area contributed by atoms with E-state index in [4.69, 9.17) is 9.47 Å². The second-order valence-corrected chi connectivity index (χ2v) is 3.76. The normalized spacial score (nSPS) is 37.2. The minimum absolute atomic E-state index is 0.0907. The van der Waals surface area contributed by atoms with Crippen LogP contribution in [0, 0.1) is 0 Å². The zero-order valence-corrected chi connectivity index (χ0v) is 9.16. The van der Waals surface area contributed by atoms with Gasteiger partial charge in [-0.1, -0.05) is 48.6 Å². The Labute approximate surface area is 96.3 Å². The van der Waals surface area contributed by atoms with Crippen LogP contribution >= 0.6 is 0 Å². The molecule has 0 amide bonds. The van der Waals surface area contributed by atoms with Crippen molar-refractivity contribution in [1.82, 2.24) is 0 Å². The lowest BCUT2D eigenvalue weighted by Gasteiger charge is -2.04. The lowest BCUT2D eigenvalue weighted by Crippen LogP contribution is -2.06. The van der Waals surface area contributed by atoms with Crippen LogP contribution in [-0.4, -0.2) is 24.4 Å². The molecule has 0 spiro atoms. The Morgan fingerprint density at radius 2 is 1.12 bits per heavy atom. The molecule has 2 heteroatoms. The second kappa shape index (κ2) is 5.10. The molecular weight excluding hydrogens is 200 g/mol. The molecule has 0 aliphatic carbocycles. The first-order valence-electron chi connectivity index (χ1n) is 5.43. The maximum absolute atomic E-state index is 5.31. The van der Waals surface area contributed by atoms with E-state index < -0.39 is 0 Å². The average Bonchev–Trinajstić information content (AvgIpc) is 3.06. The molecule has 2 bridgehead atoms. The fourth-order valence-electron chi connectivity index (χ4n) is 1.69. The van der Waals surface area contributed by atoms with Crippen molar-refractivity contribution >= 4 is 0 Å². The third-order valence-corrected chi connectivity index (χ3v) is 2.56. The molecule has 2 nitrogen and oxygen atoms in total. The van der Waals surface area contributed by atoms with Gasteiger partial charge >= 0.3 is 0 Å². The summed E-state index contributed by atoms with van der Waals surface area (Å²) in [5.74, 6) is 0. The SMILES string of the molecule is C1=CC2C=CC1O2.C=CC1C=CC(C=C)O1. The summed E-state index contributed by atoms with van der Waals surface area (Å²) in [6.07, 6.45) is 16.6. The number of ether oxygens (including phenoxy) is 2. The van der Waals surface area contributed by atoms with E-state index in [0.717, 1.165) is 0 Å². The molecule has 3 heterocycles. The minimum Gasteiger partial charge on any atom is -0.359 e. The highest BCUT2D eigenvalue weighted by atomic mass is 16.5. The standard InChI is InChI=1S/C8H10O.C6H6O/c1-3-7-5-6-8(4-2)9-7;1-2-6-4-3-5(1)7-6/h3-8H,1-2H2;1-6H. The Balaban J connectivity index is 0.000000123. The van der Waals surface area contributed by atoms with Gasteiger partial charge in [-0.05, 0) is 0 Å². The van der Waals surface area contributed by atoms with E-state index in [-0.39, 0.29) is 12.2 Å². The van der Waals surface area contributed by atoms with E-state index >= 15 is 0 Å². The lowest BCUT2D eigenvalue weighted by atomic mass is 10.2. The molecule has 0 N–H and O–H groups in total. The molecule has 0 aromatic rings. The van der Waals surface area contributed by atoms with Gasteiger partial charge in [0.25, 0.3) is 0 Å². The first-order chi connectivity index (χ1) is 7.81. The van der Waals surface area contributed by atoms with Crippen LogP contribution in [-0.2, 0) is 9.47 Å². The molecule has 2 atom stereocenters. The lowest BCUT2D eigenvalue weighted by molar-refractivity contribution is 0.117. The smallest absolute Gasteiger partial charge is 0.0952 e. The van der Waals surface area contributed by atoms with Crippen molar-refractivity contribution in [3.8, 4) is 0 Å². The quantitative estimate of drug-likeness (QED) is 0.660. The molecule has 0 radical (unpaired) electrons. The van der Waals surface area contributed by atoms with Crippen molar-refractivity contribution in [2.75, 3.05) is 0 Å². The van der Waals surface area contributed by atoms with Crippen molar-refractivity contribution in [3.63, 3.8) is 0 Å². The van der Waals surface area contributed by atoms with E-state index in [9.17, 15) is 0 Å². The first-order valence-corrected chi connectivity index (χ1v) is 5.43. The van der Waals surface area contributed by atoms with E-state index in [0.29, 0.717) is 12.2 Å². The summed E-state index contributed by atoms with van der Waals surface area (Å²) >= 11 is 0. The van der Waals surface area contributed by atoms with Crippen molar-refractivity contribution in [2.45, 2.75) is 24.4 Å². The summed E-state index contributed by atoms with van der Waals surface area (Å²) in [5.41, 5.74) is 0. The van der Waals surface area contributed by atoms with Crippen LogP contribution in [0.1, 0.15) is 0 Å². The highest BCUT2D eigenvalue weighted by molar-refractivity contribution is 5.22. The topological polar surface area (TPSA) is 18.5 Å². The van der Waals surface area contributed by atoms with Crippen LogP contribution in [0.5, 0.6) is 0 Å². The number of hydrogen-bond donors (Lipinski definition) is 0. The summed E-state index contributed by atoms with van der Waals surface area (Å²) < 4.78 is 10.6. The predicted molar refractivity (Wildman–Crippen MR) is 65.1 cm³/mol. The minimum atomic E-state index is 0.0907. The summed E-state index contributed by atoms with van der Waals surface area (Å²) in [7, 11) is 0. The summed E-state index contributed by atoms with van der Waals surface area (Å²) in [6, 6.07) is 0. The maximum atomic E-state index is 5.31. The van der Waals surface area contributed by atoms with E-state index in [2.05, 4.69) is 37.5 Å². The molecule has 0 saturated carbocycles. The molecule has 0 saturated heterocycles. The van der Waals surface area contributed by atoms with E-state index in [1.54, 1.807) is 12.2 Å². The molecular formula is C14H16O2. The Kier molecular flexibility index (Phi) is 3.54. The second-order valence-electron chi connectivity index (χ2n) is 3.76. The van der Waals surface area contributed by atoms with Gasteiger partial charge in [0.05, 0.1) is 24.4 Å². The molecule has 84 valence electrons. The van der Waals surface area contributed by atoms with Crippen LogP contribution in [0.25, 0.3) is 0 Å². The highest BCUT2D eigenvalue weighted by Crippen LogP contribution is 2.19. The van der Waals surface area contributed by atoms with Gasteiger partial charge in [0, 0.05) is 0 Å². The number of rotatable bonds is 2. The zero-order chi connectivity index (χ0) is 11.4. The predicted octanol–water partition coefficient (Wildman–Crippen LogP) is 2.56. The number of hydrogen-bond acceptors (Lipinski definition) is 2. The van der Waals surface area contributed by atoms with Crippen LogP contribution < -0.4 is 0 Å². The van der Waals surface area contributed by atoms with Gasteiger partial charge in [0.1, 0.15) is 0 Å². The van der Waals surface area contributed by atoms with Crippen molar-refractivity contribution in [1.29, 1.82) is 0 Å². The molecule has 3 aliphatic rings. The Morgan fingerprint density at radius 1 is 0.688 bits per heavy atom. The number of fused-ring (bicyclic) bond motifs is 2. The van der Waals surface area contributed by atoms with Gasteiger partial charge in [-0.2, -0.15) is 0 Å². The largest absolute Gasteiger partial charge is 0.359 e. The fraction of sp³-hybridized carbons (Fsp3) is 0.286. The Morgan fingerprint density at radius 3 is 1.31 bits per heavy atom. The van der Waals surface area contributed by atoms with Gasteiger partial charge in [-0.25, -0.2) is 0 Å². The van der Waals surface area contributed by atoms with Crippen LogP contribution in [0.3, 0.4) is 0 Å². The van der Waals surface area contributed by atoms with Gasteiger partial charge in [-0.3, -0.25) is 0 Å². The van der Waals surface area contributed by atoms with Gasteiger partial charge < -0.3 is 9.47 Å². The van der Waals surface area contributed by atoms with Crippen LogP contribution in [0.2, 0.25) is 0 Å². The van der Waals surface area contributed by atoms with Crippen molar-refractivity contribution in [2.24, 2.45) is 0 Å². The highest BCUT2D eigenvalue weighted by Gasteiger charge is 2.19. The van der Waals surface area contributed by atoms with Gasteiger partial charge in [0.2, 0.25) is 0 Å². The molecule has 16 heavy (non-hydrogen) atoms. The summed E-state index contributed by atoms with van der Waals surface area (Å²) in [4.78, 5) is 0. The Hall–Kier alpha value is -1.38. The zero-order valence-electron chi connectivity index (χ0n) is 9.16. The van der Waals surface area contributed by atoms with Crippen molar-refractivity contribution < 1.29 is 9.47 Å². The molecule has 0 fully saturated rings. The van der Waals surface area contributed by atoms with Gasteiger partial charge in [-0.15, -0.1) is 13.2 Å². The third-order valence-electron chi connectivity index (χ3n) is 2.56. The summed E-state index contributed by atoms with van der Waals surface area (Å²) in [5, 5.41) is 0. The third kappa shape index (κ3) is 2.60. The van der Waals surface area contributed by atoms with Crippen molar-refractivity contribution in [3.05, 3.63) is 61.8 Å². The van der Waals surface area contributed by atoms with E-state index in [1.807, 2.05) is 12.2 Å². The van der Waals surface area contributed by atoms with Crippen LogP contribution in [0.15, 0.2) is 61.8 Å². The van der Waals surface area contributed by atoms with Crippen LogP contribution in [0.4, 0.5) is 0 Å². The van der Waals surface area contributed by atoms with E-state index in [1.165, 1.54) is 0 Å². The molecule has 0 aromatic carbocycles. The average molecular weight is 216 g/mol.